The molecule has 15 heavy (non-hydrogen) atoms. The summed E-state index contributed by atoms with van der Waals surface area (Å²) in [5.74, 6) is 0. The molecule has 0 amide bonds. The van der Waals surface area contributed by atoms with Crippen LogP contribution in [0.4, 0.5) is 0 Å². The van der Waals surface area contributed by atoms with Gasteiger partial charge in [-0.2, -0.15) is 0 Å². The monoisotopic (exact) mass is 270 g/mol. The van der Waals surface area contributed by atoms with E-state index in [0.717, 1.165) is 6.42 Å². The van der Waals surface area contributed by atoms with Gasteiger partial charge in [-0.25, -0.2) is 0 Å². The van der Waals surface area contributed by atoms with Crippen LogP contribution in [0.2, 0.25) is 0 Å². The molecule has 1 saturated carbocycles. The molecule has 0 aliphatic heterocycles. The molecule has 0 bridgehead atoms. The van der Waals surface area contributed by atoms with Crippen molar-refractivity contribution >= 4 is 15.9 Å². The Bertz CT molecular complexity index is 302. The van der Waals surface area contributed by atoms with E-state index in [2.05, 4.69) is 28.1 Å². The van der Waals surface area contributed by atoms with Gasteiger partial charge in [-0.3, -0.25) is 0 Å². The van der Waals surface area contributed by atoms with E-state index < -0.39 is 0 Å². The number of hydrogen-bond donors (Lipinski definition) is 0. The lowest BCUT2D eigenvalue weighted by atomic mass is 9.91. The summed E-state index contributed by atoms with van der Waals surface area (Å²) in [6.45, 7) is 0.672. The van der Waals surface area contributed by atoms with Gasteiger partial charge in [-0.05, 0) is 12.0 Å². The predicted octanol–water partition coefficient (Wildman–Crippen LogP) is 2.75. The third-order valence-corrected chi connectivity index (χ3v) is 3.65. The van der Waals surface area contributed by atoms with Gasteiger partial charge in [0, 0.05) is 11.9 Å². The Kier molecular flexibility index (Phi) is 3.78. The van der Waals surface area contributed by atoms with Crippen molar-refractivity contribution in [3.8, 4) is 0 Å². The minimum atomic E-state index is 0.203. The Balaban J connectivity index is 1.80. The van der Waals surface area contributed by atoms with Gasteiger partial charge in [0.05, 0.1) is 18.8 Å². The first-order valence-electron chi connectivity index (χ1n) is 5.13. The fourth-order valence-corrected chi connectivity index (χ4v) is 2.69. The second kappa shape index (κ2) is 5.10. The number of methoxy groups -OCH3 is 1. The van der Waals surface area contributed by atoms with Gasteiger partial charge in [0.2, 0.25) is 0 Å². The van der Waals surface area contributed by atoms with Crippen LogP contribution in [0, 0.1) is 0 Å². The van der Waals surface area contributed by atoms with Crippen molar-refractivity contribution in [1.29, 1.82) is 0 Å². The van der Waals surface area contributed by atoms with Crippen molar-refractivity contribution in [2.24, 2.45) is 0 Å². The number of alkyl halides is 1. The van der Waals surface area contributed by atoms with Gasteiger partial charge >= 0.3 is 0 Å². The van der Waals surface area contributed by atoms with E-state index in [-0.39, 0.29) is 12.2 Å². The lowest BCUT2D eigenvalue weighted by Crippen LogP contribution is -2.50. The Hall–Kier alpha value is -0.380. The SMILES string of the molecule is COC1C(Br)CC1OCc1ccccc1. The number of rotatable bonds is 4. The van der Waals surface area contributed by atoms with Gasteiger partial charge in [-0.15, -0.1) is 0 Å². The minimum absolute atomic E-state index is 0.203. The van der Waals surface area contributed by atoms with E-state index in [0.29, 0.717) is 11.4 Å². The van der Waals surface area contributed by atoms with Gasteiger partial charge in [0.1, 0.15) is 0 Å². The zero-order valence-electron chi connectivity index (χ0n) is 8.73. The summed E-state index contributed by atoms with van der Waals surface area (Å²) < 4.78 is 11.1. The van der Waals surface area contributed by atoms with E-state index in [1.165, 1.54) is 5.56 Å². The van der Waals surface area contributed by atoms with Gasteiger partial charge in [0.25, 0.3) is 0 Å². The molecular weight excluding hydrogens is 256 g/mol. The smallest absolute Gasteiger partial charge is 0.0958 e. The first-order valence-corrected chi connectivity index (χ1v) is 6.05. The van der Waals surface area contributed by atoms with Crippen molar-refractivity contribution < 1.29 is 9.47 Å². The van der Waals surface area contributed by atoms with E-state index in [9.17, 15) is 0 Å². The van der Waals surface area contributed by atoms with Crippen LogP contribution >= 0.6 is 15.9 Å². The van der Waals surface area contributed by atoms with Crippen LogP contribution < -0.4 is 0 Å². The molecule has 0 saturated heterocycles. The van der Waals surface area contributed by atoms with Crippen LogP contribution in [-0.4, -0.2) is 24.1 Å². The average molecular weight is 271 g/mol. The maximum atomic E-state index is 5.78. The standard InChI is InChI=1S/C12H15BrO2/c1-14-12-10(13)7-11(12)15-8-9-5-3-2-4-6-9/h2-6,10-12H,7-8H2,1H3. The third kappa shape index (κ3) is 2.60. The summed E-state index contributed by atoms with van der Waals surface area (Å²) in [5, 5.41) is 0. The molecule has 3 atom stereocenters. The summed E-state index contributed by atoms with van der Waals surface area (Å²) in [7, 11) is 1.73. The summed E-state index contributed by atoms with van der Waals surface area (Å²) in [6, 6.07) is 10.2. The molecule has 0 radical (unpaired) electrons. The lowest BCUT2D eigenvalue weighted by molar-refractivity contribution is -0.113. The topological polar surface area (TPSA) is 18.5 Å². The molecule has 1 aliphatic carbocycles. The van der Waals surface area contributed by atoms with E-state index in [1.807, 2.05) is 18.2 Å². The molecule has 0 N–H and O–H groups in total. The molecule has 0 heterocycles. The molecule has 1 aliphatic rings. The molecule has 1 aromatic carbocycles. The Morgan fingerprint density at radius 2 is 2.07 bits per heavy atom. The molecule has 0 aromatic heterocycles. The molecule has 0 spiro atoms. The van der Waals surface area contributed by atoms with Crippen LogP contribution in [0.5, 0.6) is 0 Å². The predicted molar refractivity (Wildman–Crippen MR) is 63.1 cm³/mol. The minimum Gasteiger partial charge on any atom is -0.378 e. The molecule has 3 unspecified atom stereocenters. The highest BCUT2D eigenvalue weighted by atomic mass is 79.9. The summed E-state index contributed by atoms with van der Waals surface area (Å²) in [6.07, 6.45) is 1.47. The lowest BCUT2D eigenvalue weighted by Gasteiger charge is -2.40. The fraction of sp³-hybridized carbons (Fsp3) is 0.500. The maximum absolute atomic E-state index is 5.78. The number of benzene rings is 1. The molecule has 2 nitrogen and oxygen atoms in total. The molecular formula is C12H15BrO2. The normalized spacial score (nSPS) is 29.9. The molecule has 3 heteroatoms. The van der Waals surface area contributed by atoms with Crippen molar-refractivity contribution in [2.45, 2.75) is 30.1 Å². The van der Waals surface area contributed by atoms with Crippen LogP contribution in [0.25, 0.3) is 0 Å². The van der Waals surface area contributed by atoms with Crippen molar-refractivity contribution in [1.82, 2.24) is 0 Å². The number of hydrogen-bond acceptors (Lipinski definition) is 2. The molecule has 82 valence electrons. The average Bonchev–Trinajstić information content (AvgIpc) is 2.26. The summed E-state index contributed by atoms with van der Waals surface area (Å²) >= 11 is 3.55. The first kappa shape index (κ1) is 11.1. The van der Waals surface area contributed by atoms with E-state index in [4.69, 9.17) is 9.47 Å². The zero-order valence-corrected chi connectivity index (χ0v) is 10.3. The van der Waals surface area contributed by atoms with E-state index >= 15 is 0 Å². The third-order valence-electron chi connectivity index (χ3n) is 2.76. The highest BCUT2D eigenvalue weighted by molar-refractivity contribution is 9.09. The maximum Gasteiger partial charge on any atom is 0.0958 e. The highest BCUT2D eigenvalue weighted by Crippen LogP contribution is 2.33. The van der Waals surface area contributed by atoms with Crippen LogP contribution in [0.3, 0.4) is 0 Å². The fourth-order valence-electron chi connectivity index (χ4n) is 1.77. The van der Waals surface area contributed by atoms with Crippen molar-refractivity contribution in [2.75, 3.05) is 7.11 Å². The molecule has 1 fully saturated rings. The molecule has 2 rings (SSSR count). The Labute approximate surface area is 98.7 Å². The first-order chi connectivity index (χ1) is 7.31. The van der Waals surface area contributed by atoms with Gasteiger partial charge < -0.3 is 9.47 Å². The van der Waals surface area contributed by atoms with Crippen LogP contribution in [0.15, 0.2) is 30.3 Å². The summed E-state index contributed by atoms with van der Waals surface area (Å²) in [4.78, 5) is 0.447. The van der Waals surface area contributed by atoms with Crippen molar-refractivity contribution in [3.05, 3.63) is 35.9 Å². The number of halogens is 1. The zero-order chi connectivity index (χ0) is 10.7. The largest absolute Gasteiger partial charge is 0.378 e. The molecule has 1 aromatic rings. The second-order valence-corrected chi connectivity index (χ2v) is 4.96. The van der Waals surface area contributed by atoms with Crippen LogP contribution in [0.1, 0.15) is 12.0 Å². The van der Waals surface area contributed by atoms with E-state index in [1.54, 1.807) is 7.11 Å². The Morgan fingerprint density at radius 1 is 1.33 bits per heavy atom. The van der Waals surface area contributed by atoms with Gasteiger partial charge in [0.15, 0.2) is 0 Å². The number of ether oxygens (including phenoxy) is 2. The quantitative estimate of drug-likeness (QED) is 0.784. The van der Waals surface area contributed by atoms with Crippen molar-refractivity contribution in [3.63, 3.8) is 0 Å². The highest BCUT2D eigenvalue weighted by Gasteiger charge is 2.40. The Morgan fingerprint density at radius 3 is 2.67 bits per heavy atom. The van der Waals surface area contributed by atoms with Crippen LogP contribution in [-0.2, 0) is 16.1 Å². The summed E-state index contributed by atoms with van der Waals surface area (Å²) in [5.41, 5.74) is 1.21. The van der Waals surface area contributed by atoms with Gasteiger partial charge in [-0.1, -0.05) is 46.3 Å². The second-order valence-electron chi connectivity index (χ2n) is 3.79.